The van der Waals surface area contributed by atoms with Crippen LogP contribution in [-0.2, 0) is 46.4 Å². The van der Waals surface area contributed by atoms with Gasteiger partial charge in [0.1, 0.15) is 17.1 Å². The van der Waals surface area contributed by atoms with Gasteiger partial charge in [0, 0.05) is 67.5 Å². The van der Waals surface area contributed by atoms with Gasteiger partial charge in [0.2, 0.25) is 5.91 Å². The fraction of sp³-hybridized carbons (Fsp3) is 0.452. The van der Waals surface area contributed by atoms with Gasteiger partial charge in [-0.05, 0) is 59.6 Å². The Hall–Kier alpha value is -4.45. The van der Waals surface area contributed by atoms with Gasteiger partial charge in [0.15, 0.2) is 5.78 Å². The maximum Gasteiger partial charge on any atom is 0.418 e. The predicted molar refractivity (Wildman–Crippen MR) is 205 cm³/mol. The third-order valence-corrected chi connectivity index (χ3v) is 11.7. The van der Waals surface area contributed by atoms with Crippen molar-refractivity contribution < 1.29 is 31.9 Å². The SMILES string of the molecule is CCC(C)[C@H](CC(=O)Cc1ccccc1F)C(=O)N[C@]1(C(=O)C[C@H](C(=S)NCc2cccnc2)C(C)CC)CCc2[nH]c3c(C(F)(F)F)cccc3c2C1. The first-order valence-electron chi connectivity index (χ1n) is 18.6. The number of hydrogen-bond donors (Lipinski definition) is 3. The summed E-state index contributed by atoms with van der Waals surface area (Å²) >= 11 is 5.88. The smallest absolute Gasteiger partial charge is 0.375 e. The number of carbonyl (C=O) groups excluding carboxylic acids is 3. The van der Waals surface area contributed by atoms with Crippen molar-refractivity contribution in [1.82, 2.24) is 20.6 Å². The zero-order valence-corrected chi connectivity index (χ0v) is 31.9. The number of amides is 1. The molecule has 7 nitrogen and oxygen atoms in total. The van der Waals surface area contributed by atoms with Crippen molar-refractivity contribution in [3.8, 4) is 0 Å². The van der Waals surface area contributed by atoms with E-state index >= 15 is 0 Å². The normalized spacial score (nSPS) is 17.9. The van der Waals surface area contributed by atoms with Crippen LogP contribution in [0.15, 0.2) is 67.0 Å². The summed E-state index contributed by atoms with van der Waals surface area (Å²) in [5, 5.41) is 6.74. The van der Waals surface area contributed by atoms with Crippen LogP contribution in [0.4, 0.5) is 17.6 Å². The van der Waals surface area contributed by atoms with Crippen molar-refractivity contribution in [1.29, 1.82) is 0 Å². The van der Waals surface area contributed by atoms with Gasteiger partial charge in [-0.1, -0.05) is 89.2 Å². The molecule has 1 amide bonds. The number of fused-ring (bicyclic) bond motifs is 3. The van der Waals surface area contributed by atoms with E-state index in [2.05, 4.69) is 20.6 Å². The molecule has 0 aliphatic heterocycles. The van der Waals surface area contributed by atoms with Crippen LogP contribution in [-0.4, -0.2) is 38.0 Å². The van der Waals surface area contributed by atoms with Crippen molar-refractivity contribution in [2.45, 2.75) is 97.3 Å². The fourth-order valence-corrected chi connectivity index (χ4v) is 7.90. The highest BCUT2D eigenvalue weighted by Gasteiger charge is 2.46. The number of pyridine rings is 1. The molecule has 2 heterocycles. The minimum Gasteiger partial charge on any atom is -0.375 e. The highest BCUT2D eigenvalue weighted by atomic mass is 32.1. The lowest BCUT2D eigenvalue weighted by Crippen LogP contribution is -2.60. The maximum atomic E-state index is 14.9. The number of H-pyrrole nitrogens is 1. The van der Waals surface area contributed by atoms with E-state index in [1.807, 2.05) is 39.8 Å². The van der Waals surface area contributed by atoms with E-state index < -0.39 is 40.8 Å². The zero-order chi connectivity index (χ0) is 39.2. The molecule has 0 saturated carbocycles. The average Bonchev–Trinajstić information content (AvgIpc) is 3.52. The quantitative estimate of drug-likeness (QED) is 0.0780. The van der Waals surface area contributed by atoms with Gasteiger partial charge in [-0.25, -0.2) is 4.39 Å². The van der Waals surface area contributed by atoms with Gasteiger partial charge < -0.3 is 15.6 Å². The Labute approximate surface area is 319 Å². The number of para-hydroxylation sites is 1. The summed E-state index contributed by atoms with van der Waals surface area (Å²) in [7, 11) is 0. The van der Waals surface area contributed by atoms with E-state index in [9.17, 15) is 31.9 Å². The first-order valence-corrected chi connectivity index (χ1v) is 19.0. The van der Waals surface area contributed by atoms with Crippen LogP contribution < -0.4 is 10.6 Å². The van der Waals surface area contributed by atoms with Crippen molar-refractivity contribution in [3.05, 3.63) is 101 Å². The summed E-state index contributed by atoms with van der Waals surface area (Å²) in [5.41, 5.74) is -0.0659. The number of halogens is 4. The van der Waals surface area contributed by atoms with Gasteiger partial charge >= 0.3 is 6.18 Å². The van der Waals surface area contributed by atoms with E-state index in [4.69, 9.17) is 12.2 Å². The molecule has 1 aliphatic carbocycles. The number of nitrogens with one attached hydrogen (secondary N) is 3. The lowest BCUT2D eigenvalue weighted by atomic mass is 9.72. The number of aromatic nitrogens is 2. The van der Waals surface area contributed by atoms with Crippen LogP contribution in [0.5, 0.6) is 0 Å². The minimum atomic E-state index is -4.60. The van der Waals surface area contributed by atoms with Gasteiger partial charge in [-0.15, -0.1) is 0 Å². The summed E-state index contributed by atoms with van der Waals surface area (Å²) in [6, 6.07) is 13.7. The third kappa shape index (κ3) is 9.25. The maximum absolute atomic E-state index is 14.9. The molecule has 12 heteroatoms. The lowest BCUT2D eigenvalue weighted by molar-refractivity contribution is -0.137. The summed E-state index contributed by atoms with van der Waals surface area (Å²) in [6.45, 7) is 8.19. The van der Waals surface area contributed by atoms with E-state index in [0.29, 0.717) is 34.6 Å². The number of benzene rings is 2. The largest absolute Gasteiger partial charge is 0.418 e. The van der Waals surface area contributed by atoms with Crippen molar-refractivity contribution in [3.63, 3.8) is 0 Å². The number of Topliss-reactive ketones (excluding diaryl/α,β-unsaturated/α-hetero) is 2. The summed E-state index contributed by atoms with van der Waals surface area (Å²) in [5.74, 6) is -3.08. The molecule has 0 saturated heterocycles. The van der Waals surface area contributed by atoms with Crippen molar-refractivity contribution in [2.24, 2.45) is 23.7 Å². The fourth-order valence-electron chi connectivity index (χ4n) is 7.51. The highest BCUT2D eigenvalue weighted by molar-refractivity contribution is 7.80. The molecule has 0 bridgehead atoms. The molecular formula is C42H48F4N4O3S. The first-order chi connectivity index (χ1) is 25.7. The molecule has 5 atom stereocenters. The van der Waals surface area contributed by atoms with E-state index in [1.165, 1.54) is 24.3 Å². The summed E-state index contributed by atoms with van der Waals surface area (Å²) in [6.07, 6.45) is 0.0378. The second-order valence-corrected chi connectivity index (χ2v) is 15.2. The highest BCUT2D eigenvalue weighted by Crippen LogP contribution is 2.41. The third-order valence-electron chi connectivity index (χ3n) is 11.2. The van der Waals surface area contributed by atoms with Crippen LogP contribution >= 0.6 is 12.2 Å². The van der Waals surface area contributed by atoms with Gasteiger partial charge in [-0.2, -0.15) is 13.2 Å². The van der Waals surface area contributed by atoms with E-state index in [-0.39, 0.29) is 73.0 Å². The monoisotopic (exact) mass is 764 g/mol. The average molecular weight is 765 g/mol. The molecule has 288 valence electrons. The first kappa shape index (κ1) is 40.7. The number of ketones is 2. The second kappa shape index (κ2) is 17.3. The Morgan fingerprint density at radius 3 is 2.35 bits per heavy atom. The van der Waals surface area contributed by atoms with Crippen LogP contribution in [0.2, 0.25) is 0 Å². The number of thiocarbonyl (C=S) groups is 1. The molecule has 2 unspecified atom stereocenters. The Morgan fingerprint density at radius 2 is 1.69 bits per heavy atom. The Bertz CT molecular complexity index is 1980. The molecular weight excluding hydrogens is 717 g/mol. The standard InChI is InChI=1S/C42H48F4N4O3S/c1-5-25(3)31(20-29(51)19-28-12-7-8-15-35(28)43)39(53)50-41(17-16-36-33(22-41)30-13-9-14-34(38(30)49-36)42(44,45)46)37(52)21-32(26(4)6-2)40(54)48-24-27-11-10-18-47-23-27/h7-15,18,23,25-26,31-32,49H,5-6,16-17,19-22,24H2,1-4H3,(H,48,54)(H,50,53)/t25?,26?,31-,32-,41+/m0/s1. The lowest BCUT2D eigenvalue weighted by Gasteiger charge is -2.40. The van der Waals surface area contributed by atoms with Crippen LogP contribution in [0.3, 0.4) is 0 Å². The second-order valence-electron chi connectivity index (χ2n) is 14.8. The minimum absolute atomic E-state index is 0.0129. The molecule has 1 aliphatic rings. The van der Waals surface area contributed by atoms with Crippen LogP contribution in [0.1, 0.15) is 87.7 Å². The molecule has 2 aromatic heterocycles. The van der Waals surface area contributed by atoms with E-state index in [0.717, 1.165) is 18.1 Å². The van der Waals surface area contributed by atoms with Crippen molar-refractivity contribution in [2.75, 3.05) is 0 Å². The van der Waals surface area contributed by atoms with Gasteiger partial charge in [0.25, 0.3) is 0 Å². The van der Waals surface area contributed by atoms with E-state index in [1.54, 1.807) is 24.5 Å². The molecule has 5 rings (SSSR count). The summed E-state index contributed by atoms with van der Waals surface area (Å²) < 4.78 is 56.7. The Balaban J connectivity index is 1.49. The van der Waals surface area contributed by atoms with Gasteiger partial charge in [-0.3, -0.25) is 19.4 Å². The molecule has 2 aromatic carbocycles. The molecule has 4 aromatic rings. The molecule has 0 radical (unpaired) electrons. The topological polar surface area (TPSA) is 104 Å². The number of hydrogen-bond acceptors (Lipinski definition) is 5. The number of nitrogens with zero attached hydrogens (tertiary/aromatic N) is 1. The molecule has 3 N–H and O–H groups in total. The van der Waals surface area contributed by atoms with Gasteiger partial charge in [0.05, 0.1) is 16.1 Å². The molecule has 0 spiro atoms. The number of alkyl halides is 3. The van der Waals surface area contributed by atoms with Crippen LogP contribution in [0, 0.1) is 29.5 Å². The predicted octanol–water partition coefficient (Wildman–Crippen LogP) is 8.67. The number of carbonyl (C=O) groups is 3. The molecule has 0 fully saturated rings. The number of aromatic amines is 1. The summed E-state index contributed by atoms with van der Waals surface area (Å²) in [4.78, 5) is 50.4. The Morgan fingerprint density at radius 1 is 0.963 bits per heavy atom. The zero-order valence-electron chi connectivity index (χ0n) is 31.1. The van der Waals surface area contributed by atoms with Crippen molar-refractivity contribution >= 4 is 45.6 Å². The number of aryl methyl sites for hydroxylation is 1. The van der Waals surface area contributed by atoms with Crippen LogP contribution in [0.25, 0.3) is 10.9 Å². The Kier molecular flexibility index (Phi) is 13.1. The molecule has 54 heavy (non-hydrogen) atoms. The number of rotatable bonds is 16.